The third-order valence-corrected chi connectivity index (χ3v) is 1.83. The van der Waals surface area contributed by atoms with Gasteiger partial charge in [-0.15, -0.1) is 0 Å². The average molecular weight is 258 g/mol. The molecule has 0 aliphatic heterocycles. The molecule has 11 heteroatoms. The van der Waals surface area contributed by atoms with E-state index in [0.29, 0.717) is 0 Å². The smallest absolute Gasteiger partial charge is 0.790 e. The summed E-state index contributed by atoms with van der Waals surface area (Å²) in [7, 11) is -11.0. The molecule has 1 atom stereocenters. The molecule has 0 saturated carbocycles. The Morgan fingerprint density at radius 2 is 1.45 bits per heavy atom. The molecule has 11 heavy (non-hydrogen) atoms. The standard InChI is InChI=1S/H3N.H4O7P2.Zn/c;1-8(2,3)7-9(4,5)6;/h1H3;(H2,1,2,3)(H2,4,5,6);/q;;+2/p-2. The second-order valence-corrected chi connectivity index (χ2v) is 3.48. The molecule has 0 radical (unpaired) electrons. The van der Waals surface area contributed by atoms with Gasteiger partial charge in [0.25, 0.3) is 7.82 Å². The van der Waals surface area contributed by atoms with E-state index >= 15 is 0 Å². The van der Waals surface area contributed by atoms with Crippen molar-refractivity contribution in [2.45, 2.75) is 0 Å². The molecule has 0 amide bonds. The molecule has 64 valence electrons. The third kappa shape index (κ3) is 18.1. The van der Waals surface area contributed by atoms with E-state index in [-0.39, 0.29) is 25.6 Å². The average Bonchev–Trinajstić information content (AvgIpc) is 1.14. The molecule has 0 aliphatic carbocycles. The van der Waals surface area contributed by atoms with E-state index in [0.717, 1.165) is 0 Å². The predicted octanol–water partition coefficient (Wildman–Crippen LogP) is -2.33. The number of phosphoric acid groups is 2. The van der Waals surface area contributed by atoms with Crippen LogP contribution in [-0.2, 0) is 32.9 Å². The second kappa shape index (κ2) is 5.48. The molecule has 0 aromatic heterocycles. The van der Waals surface area contributed by atoms with Crippen molar-refractivity contribution in [1.82, 2.24) is 6.15 Å². The first-order chi connectivity index (χ1) is 3.71. The van der Waals surface area contributed by atoms with Gasteiger partial charge in [0.2, 0.25) is 0 Å². The van der Waals surface area contributed by atoms with Crippen molar-refractivity contribution in [3.05, 3.63) is 0 Å². The first-order valence-corrected chi connectivity index (χ1v) is 4.43. The van der Waals surface area contributed by atoms with Crippen molar-refractivity contribution >= 4 is 15.6 Å². The Morgan fingerprint density at radius 3 is 1.45 bits per heavy atom. The van der Waals surface area contributed by atoms with Crippen molar-refractivity contribution in [1.29, 1.82) is 0 Å². The molecular weight excluding hydrogens is 253 g/mol. The van der Waals surface area contributed by atoms with Crippen LogP contribution >= 0.6 is 15.6 Å². The molecule has 0 rings (SSSR count). The van der Waals surface area contributed by atoms with E-state index in [1.165, 1.54) is 0 Å². The van der Waals surface area contributed by atoms with E-state index in [9.17, 15) is 23.8 Å². The SMILES string of the molecule is O=P([O-])([O-])OP(=O)([O-])O.[NH4+].[Zn+2]. The third-order valence-electron chi connectivity index (χ3n) is 0.203. The maximum Gasteiger partial charge on any atom is 2.00 e. The van der Waals surface area contributed by atoms with Gasteiger partial charge in [0.05, 0.1) is 7.82 Å². The van der Waals surface area contributed by atoms with E-state index in [4.69, 9.17) is 4.89 Å². The summed E-state index contributed by atoms with van der Waals surface area (Å²) in [5.74, 6) is 0. The Hall–Kier alpha value is 0.843. The topological polar surface area (TPSA) is 169 Å². The zero-order chi connectivity index (χ0) is 7.71. The van der Waals surface area contributed by atoms with E-state index in [2.05, 4.69) is 4.31 Å². The van der Waals surface area contributed by atoms with Crippen LogP contribution in [0.15, 0.2) is 0 Å². The molecule has 5 N–H and O–H groups in total. The fourth-order valence-corrected chi connectivity index (χ4v) is 1.14. The Morgan fingerprint density at radius 1 is 1.18 bits per heavy atom. The Bertz CT molecular complexity index is 157. The summed E-state index contributed by atoms with van der Waals surface area (Å²) >= 11 is 0. The Labute approximate surface area is 74.8 Å². The van der Waals surface area contributed by atoms with Gasteiger partial charge < -0.3 is 30.3 Å². The quantitative estimate of drug-likeness (QED) is 0.413. The van der Waals surface area contributed by atoms with Crippen LogP contribution in [0.1, 0.15) is 0 Å². The number of quaternary nitrogens is 1. The molecule has 0 aromatic carbocycles. The normalized spacial score (nSPS) is 15.6. The summed E-state index contributed by atoms with van der Waals surface area (Å²) < 4.78 is 21.4. The Balaban J connectivity index is -0.000000320. The van der Waals surface area contributed by atoms with Crippen molar-refractivity contribution in [3.8, 4) is 0 Å². The first kappa shape index (κ1) is 17.8. The molecule has 0 heterocycles. The zero-order valence-corrected chi connectivity index (χ0v) is 10.3. The molecule has 0 fully saturated rings. The molecule has 0 aromatic rings. The number of hydrogen-bond donors (Lipinski definition) is 2. The van der Waals surface area contributed by atoms with Crippen molar-refractivity contribution in [2.24, 2.45) is 0 Å². The van der Waals surface area contributed by atoms with Crippen molar-refractivity contribution < 1.29 is 52.5 Å². The van der Waals surface area contributed by atoms with Crippen LogP contribution in [0.25, 0.3) is 0 Å². The summed E-state index contributed by atoms with van der Waals surface area (Å²) in [6.45, 7) is 0. The van der Waals surface area contributed by atoms with Gasteiger partial charge in [-0.05, 0) is 0 Å². The van der Waals surface area contributed by atoms with Gasteiger partial charge in [0, 0.05) is 0 Å². The molecule has 8 nitrogen and oxygen atoms in total. The van der Waals surface area contributed by atoms with Gasteiger partial charge in [-0.3, -0.25) is 8.88 Å². The van der Waals surface area contributed by atoms with Gasteiger partial charge in [-0.1, -0.05) is 0 Å². The van der Waals surface area contributed by atoms with Crippen LogP contribution in [0.2, 0.25) is 0 Å². The molecule has 1 unspecified atom stereocenters. The van der Waals surface area contributed by atoms with E-state index in [1.807, 2.05) is 0 Å². The summed E-state index contributed by atoms with van der Waals surface area (Å²) in [5, 5.41) is 0. The van der Waals surface area contributed by atoms with Crippen LogP contribution in [0.5, 0.6) is 0 Å². The van der Waals surface area contributed by atoms with Gasteiger partial charge in [-0.25, -0.2) is 0 Å². The first-order valence-electron chi connectivity index (χ1n) is 1.48. The maximum absolute atomic E-state index is 9.44. The van der Waals surface area contributed by atoms with Crippen LogP contribution in [0.4, 0.5) is 0 Å². The predicted molar refractivity (Wildman–Crippen MR) is 24.5 cm³/mol. The van der Waals surface area contributed by atoms with Crippen LogP contribution in [0, 0.1) is 0 Å². The fourth-order valence-electron chi connectivity index (χ4n) is 0.126. The summed E-state index contributed by atoms with van der Waals surface area (Å²) in [6.07, 6.45) is 0. The number of rotatable bonds is 2. The van der Waals surface area contributed by atoms with Gasteiger partial charge in [0.1, 0.15) is 0 Å². The van der Waals surface area contributed by atoms with E-state index < -0.39 is 15.6 Å². The zero-order valence-electron chi connectivity index (χ0n) is 5.50. The summed E-state index contributed by atoms with van der Waals surface area (Å²) in [6, 6.07) is 0. The molecule has 0 bridgehead atoms. The summed E-state index contributed by atoms with van der Waals surface area (Å²) in [4.78, 5) is 35.7. The molecule has 0 aliphatic rings. The van der Waals surface area contributed by atoms with Gasteiger partial charge >= 0.3 is 19.5 Å². The summed E-state index contributed by atoms with van der Waals surface area (Å²) in [5.41, 5.74) is 0. The van der Waals surface area contributed by atoms with Gasteiger partial charge in [0.15, 0.2) is 0 Å². The minimum absolute atomic E-state index is 0. The minimum Gasteiger partial charge on any atom is -0.790 e. The molecule has 0 saturated heterocycles. The van der Waals surface area contributed by atoms with Crippen LogP contribution in [0.3, 0.4) is 0 Å². The van der Waals surface area contributed by atoms with Crippen molar-refractivity contribution in [2.75, 3.05) is 0 Å². The molecular formula is H5NO7P2Zn. The maximum atomic E-state index is 9.44. The second-order valence-electron chi connectivity index (χ2n) is 0.997. The molecule has 0 spiro atoms. The van der Waals surface area contributed by atoms with Crippen LogP contribution in [-0.4, -0.2) is 4.89 Å². The van der Waals surface area contributed by atoms with Gasteiger partial charge in [-0.2, -0.15) is 0 Å². The Kier molecular flexibility index (Phi) is 8.87. The van der Waals surface area contributed by atoms with E-state index in [1.54, 1.807) is 0 Å². The minimum atomic E-state index is -5.61. The van der Waals surface area contributed by atoms with Crippen LogP contribution < -0.4 is 20.8 Å². The largest absolute Gasteiger partial charge is 2.00 e. The number of hydrogen-bond acceptors (Lipinski definition) is 6. The monoisotopic (exact) mass is 257 g/mol. The van der Waals surface area contributed by atoms with Crippen molar-refractivity contribution in [3.63, 3.8) is 0 Å². The fraction of sp³-hybridized carbons (Fsp3) is 0.